The molecule has 0 saturated carbocycles. The van der Waals surface area contributed by atoms with Crippen LogP contribution in [0.15, 0.2) is 48.5 Å². The first-order valence-corrected chi connectivity index (χ1v) is 6.76. The lowest BCUT2D eigenvalue weighted by Gasteiger charge is -2.11. The molecule has 0 aliphatic rings. The molecule has 23 heavy (non-hydrogen) atoms. The predicted octanol–water partition coefficient (Wildman–Crippen LogP) is 3.40. The molecule has 2 aromatic rings. The highest BCUT2D eigenvalue weighted by Gasteiger charge is 2.29. The van der Waals surface area contributed by atoms with E-state index in [1.807, 2.05) is 17.6 Å². The van der Waals surface area contributed by atoms with Crippen LogP contribution in [0.4, 0.5) is 18.0 Å². The first-order chi connectivity index (χ1) is 10.9. The van der Waals surface area contributed by atoms with Crippen LogP contribution < -0.4 is 11.3 Å². The topological polar surface area (TPSA) is 64.3 Å². The third-order valence-corrected chi connectivity index (χ3v) is 3.27. The molecule has 0 aliphatic carbocycles. The third kappa shape index (κ3) is 4.72. The van der Waals surface area contributed by atoms with Crippen molar-refractivity contribution in [3.63, 3.8) is 0 Å². The van der Waals surface area contributed by atoms with Gasteiger partial charge in [0.05, 0.1) is 5.56 Å². The van der Waals surface area contributed by atoms with Gasteiger partial charge in [-0.1, -0.05) is 36.4 Å². The summed E-state index contributed by atoms with van der Waals surface area (Å²) >= 11 is 0. The van der Waals surface area contributed by atoms with Gasteiger partial charge in [0.2, 0.25) is 0 Å². The average Bonchev–Trinajstić information content (AvgIpc) is 2.53. The number of alkyl halides is 3. The zero-order valence-electron chi connectivity index (χ0n) is 12.1. The number of nitrogens with one attached hydrogen (secondary N) is 1. The Morgan fingerprint density at radius 2 is 1.65 bits per heavy atom. The van der Waals surface area contributed by atoms with Crippen LogP contribution in [-0.4, -0.2) is 6.09 Å². The van der Waals surface area contributed by atoms with Crippen LogP contribution in [-0.2, 0) is 23.9 Å². The van der Waals surface area contributed by atoms with E-state index < -0.39 is 17.8 Å². The van der Waals surface area contributed by atoms with Gasteiger partial charge in [0.1, 0.15) is 6.61 Å². The molecule has 0 aliphatic heterocycles. The Balaban J connectivity index is 2.12. The molecule has 7 heteroatoms. The van der Waals surface area contributed by atoms with Gasteiger partial charge in [0.25, 0.3) is 0 Å². The van der Waals surface area contributed by atoms with E-state index in [1.165, 1.54) is 12.1 Å². The minimum atomic E-state index is -4.35. The second kappa shape index (κ2) is 7.15. The summed E-state index contributed by atoms with van der Waals surface area (Å²) in [6.07, 6.45) is -4.67. The fourth-order valence-electron chi connectivity index (χ4n) is 2.09. The number of ether oxygens (including phenoxy) is 1. The van der Waals surface area contributed by atoms with Gasteiger partial charge in [-0.2, -0.15) is 13.2 Å². The van der Waals surface area contributed by atoms with Gasteiger partial charge in [0, 0.05) is 0 Å². The predicted molar refractivity (Wildman–Crippen MR) is 78.2 cm³/mol. The molecule has 0 radical (unpaired) electrons. The van der Waals surface area contributed by atoms with E-state index in [4.69, 9.17) is 10.6 Å². The van der Waals surface area contributed by atoms with Crippen molar-refractivity contribution in [2.24, 2.45) is 5.84 Å². The van der Waals surface area contributed by atoms with Crippen LogP contribution in [0.25, 0.3) is 0 Å². The van der Waals surface area contributed by atoms with E-state index in [2.05, 4.69) is 0 Å². The summed E-state index contributed by atoms with van der Waals surface area (Å²) in [6, 6.07) is 12.2. The lowest BCUT2D eigenvalue weighted by atomic mass is 9.99. The van der Waals surface area contributed by atoms with E-state index in [9.17, 15) is 18.0 Å². The maximum Gasteiger partial charge on any atom is 0.421 e. The van der Waals surface area contributed by atoms with Crippen LogP contribution in [0.2, 0.25) is 0 Å². The van der Waals surface area contributed by atoms with Gasteiger partial charge >= 0.3 is 12.3 Å². The smallest absolute Gasteiger partial charge is 0.421 e. The van der Waals surface area contributed by atoms with Crippen LogP contribution in [0.1, 0.15) is 22.3 Å². The van der Waals surface area contributed by atoms with Gasteiger partial charge in [-0.15, -0.1) is 0 Å². The zero-order valence-corrected chi connectivity index (χ0v) is 12.1. The summed E-state index contributed by atoms with van der Waals surface area (Å²) in [4.78, 5) is 11.0. The Morgan fingerprint density at radius 1 is 1.04 bits per heavy atom. The molecule has 2 rings (SSSR count). The number of halogens is 3. The molecule has 3 N–H and O–H groups in total. The summed E-state index contributed by atoms with van der Waals surface area (Å²) in [5.74, 6) is 4.93. The molecular weight excluding hydrogens is 309 g/mol. The van der Waals surface area contributed by atoms with Crippen molar-refractivity contribution >= 4 is 6.09 Å². The van der Waals surface area contributed by atoms with Crippen molar-refractivity contribution in [1.29, 1.82) is 0 Å². The molecule has 0 atom stereocenters. The lowest BCUT2D eigenvalue weighted by molar-refractivity contribution is -0.137. The summed E-state index contributed by atoms with van der Waals surface area (Å²) in [7, 11) is 0. The highest BCUT2D eigenvalue weighted by atomic mass is 19.4. The second-order valence-electron chi connectivity index (χ2n) is 4.86. The number of hydrogen-bond donors (Lipinski definition) is 2. The van der Waals surface area contributed by atoms with Crippen LogP contribution in [0, 0.1) is 0 Å². The van der Waals surface area contributed by atoms with Gasteiger partial charge < -0.3 is 4.74 Å². The van der Waals surface area contributed by atoms with Crippen molar-refractivity contribution in [3.8, 4) is 0 Å². The number of carbonyl (C=O) groups is 1. The Hall–Kier alpha value is -2.54. The minimum Gasteiger partial charge on any atom is -0.444 e. The van der Waals surface area contributed by atoms with Crippen molar-refractivity contribution in [1.82, 2.24) is 5.43 Å². The molecule has 0 unspecified atom stereocenters. The van der Waals surface area contributed by atoms with Gasteiger partial charge in [0.15, 0.2) is 0 Å². The normalized spacial score (nSPS) is 11.1. The number of amides is 1. The Bertz CT molecular complexity index is 670. The molecule has 0 saturated heterocycles. The maximum absolute atomic E-state index is 12.6. The molecule has 0 heterocycles. The zero-order chi connectivity index (χ0) is 16.9. The SMILES string of the molecule is NNC(=O)OCc1ccccc1Cc1ccc(C(F)(F)F)cc1. The van der Waals surface area contributed by atoms with Crippen molar-refractivity contribution in [2.45, 2.75) is 19.2 Å². The fraction of sp³-hybridized carbons (Fsp3) is 0.188. The Morgan fingerprint density at radius 3 is 2.22 bits per heavy atom. The third-order valence-electron chi connectivity index (χ3n) is 3.27. The molecule has 0 spiro atoms. The van der Waals surface area contributed by atoms with Crippen LogP contribution >= 0.6 is 0 Å². The second-order valence-corrected chi connectivity index (χ2v) is 4.86. The van der Waals surface area contributed by atoms with Gasteiger partial charge in [-0.3, -0.25) is 5.43 Å². The quantitative estimate of drug-likeness (QED) is 0.515. The Kier molecular flexibility index (Phi) is 5.23. The summed E-state index contributed by atoms with van der Waals surface area (Å²) in [5, 5.41) is 0. The van der Waals surface area contributed by atoms with Crippen LogP contribution in [0.5, 0.6) is 0 Å². The fourth-order valence-corrected chi connectivity index (χ4v) is 2.09. The minimum absolute atomic E-state index is 0.0276. The first kappa shape index (κ1) is 16.8. The molecule has 2 aromatic carbocycles. The maximum atomic E-state index is 12.6. The van der Waals surface area contributed by atoms with Gasteiger partial charge in [-0.05, 0) is 35.2 Å². The van der Waals surface area contributed by atoms with E-state index in [0.29, 0.717) is 6.42 Å². The molecule has 4 nitrogen and oxygen atoms in total. The number of carbonyl (C=O) groups excluding carboxylic acids is 1. The molecule has 0 aromatic heterocycles. The van der Waals surface area contributed by atoms with Crippen LogP contribution in [0.3, 0.4) is 0 Å². The average molecular weight is 324 g/mol. The van der Waals surface area contributed by atoms with Crippen molar-refractivity contribution < 1.29 is 22.7 Å². The summed E-state index contributed by atoms with van der Waals surface area (Å²) in [5.41, 5.74) is 3.52. The number of hydrazine groups is 1. The standard InChI is InChI=1S/C16H15F3N2O2/c17-16(18,19)14-7-5-11(6-8-14)9-12-3-1-2-4-13(12)10-23-15(22)21-20/h1-8H,9-10,20H2,(H,21,22). The number of nitrogens with two attached hydrogens (primary N) is 1. The molecular formula is C16H15F3N2O2. The summed E-state index contributed by atoms with van der Waals surface area (Å²) in [6.45, 7) is 0.0276. The molecule has 1 amide bonds. The first-order valence-electron chi connectivity index (χ1n) is 6.76. The highest BCUT2D eigenvalue weighted by Crippen LogP contribution is 2.29. The van der Waals surface area contributed by atoms with E-state index in [-0.39, 0.29) is 6.61 Å². The van der Waals surface area contributed by atoms with E-state index in [1.54, 1.807) is 12.1 Å². The van der Waals surface area contributed by atoms with E-state index >= 15 is 0 Å². The largest absolute Gasteiger partial charge is 0.444 e. The summed E-state index contributed by atoms with van der Waals surface area (Å²) < 4.78 is 42.6. The molecule has 0 bridgehead atoms. The lowest BCUT2D eigenvalue weighted by Crippen LogP contribution is -2.30. The van der Waals surface area contributed by atoms with Crippen molar-refractivity contribution in [2.75, 3.05) is 0 Å². The number of benzene rings is 2. The monoisotopic (exact) mass is 324 g/mol. The molecule has 122 valence electrons. The highest BCUT2D eigenvalue weighted by molar-refractivity contribution is 5.66. The van der Waals surface area contributed by atoms with Crippen molar-refractivity contribution in [3.05, 3.63) is 70.8 Å². The number of rotatable bonds is 4. The van der Waals surface area contributed by atoms with E-state index in [0.717, 1.165) is 28.8 Å². The molecule has 0 fully saturated rings. The number of hydrogen-bond acceptors (Lipinski definition) is 3. The Labute approximate surface area is 131 Å². The van der Waals surface area contributed by atoms with Gasteiger partial charge in [-0.25, -0.2) is 10.6 Å².